The number of carbonyl (C=O) groups is 1. The van der Waals surface area contributed by atoms with Crippen LogP contribution in [-0.2, 0) is 17.7 Å². The van der Waals surface area contributed by atoms with E-state index in [1.54, 1.807) is 4.90 Å². The van der Waals surface area contributed by atoms with Crippen molar-refractivity contribution in [3.8, 4) is 0 Å². The number of anilines is 1. The number of amides is 1. The fourth-order valence-corrected chi connectivity index (χ4v) is 2.73. The Bertz CT molecular complexity index is 512. The van der Waals surface area contributed by atoms with Crippen molar-refractivity contribution in [1.82, 2.24) is 4.90 Å². The second-order valence-corrected chi connectivity index (χ2v) is 9.61. The summed E-state index contributed by atoms with van der Waals surface area (Å²) in [6.07, 6.45) is 0.653. The average Bonchev–Trinajstić information content (AvgIpc) is 2.35. The molecule has 0 atom stereocenters. The van der Waals surface area contributed by atoms with Gasteiger partial charge in [-0.05, 0) is 50.5 Å². The maximum atomic E-state index is 12.1. The normalized spacial score (nSPS) is 14.8. The first-order valence-corrected chi connectivity index (χ1v) is 8.40. The molecule has 0 saturated heterocycles. The first-order chi connectivity index (χ1) is 9.26. The van der Waals surface area contributed by atoms with Gasteiger partial charge in [-0.2, -0.15) is 0 Å². The van der Waals surface area contributed by atoms with Crippen LogP contribution in [0.2, 0.25) is 0 Å². The summed E-state index contributed by atoms with van der Waals surface area (Å²) in [7, 11) is 0. The quantitative estimate of drug-likeness (QED) is 0.421. The number of fused-ring (bicyclic) bond motifs is 1. The molecule has 1 aliphatic heterocycles. The van der Waals surface area contributed by atoms with Crippen molar-refractivity contribution in [2.45, 2.75) is 39.3 Å². The van der Waals surface area contributed by atoms with Crippen molar-refractivity contribution in [3.05, 3.63) is 29.3 Å². The van der Waals surface area contributed by atoms with E-state index in [0.29, 0.717) is 13.1 Å². The molecule has 1 heterocycles. The molecule has 20 heavy (non-hydrogen) atoms. The zero-order valence-electron chi connectivity index (χ0n) is 11.8. The molecule has 1 aliphatic rings. The highest BCUT2D eigenvalue weighted by Crippen LogP contribution is 2.29. The summed E-state index contributed by atoms with van der Waals surface area (Å²) in [5.74, 6) is 0. The van der Waals surface area contributed by atoms with E-state index in [0.717, 1.165) is 6.42 Å². The summed E-state index contributed by atoms with van der Waals surface area (Å²) in [4.78, 5) is 13.9. The van der Waals surface area contributed by atoms with Crippen molar-refractivity contribution in [2.24, 2.45) is 0 Å². The molecule has 1 amide bonds. The second-order valence-electron chi connectivity index (χ2n) is 5.84. The first-order valence-electron chi connectivity index (χ1n) is 6.48. The summed E-state index contributed by atoms with van der Waals surface area (Å²) in [6.45, 7) is 7.03. The third kappa shape index (κ3) is 4.12. The Kier molecular flexibility index (Phi) is 5.04. The Morgan fingerprint density at radius 1 is 1.30 bits per heavy atom. The van der Waals surface area contributed by atoms with Crippen LogP contribution in [0.15, 0.2) is 18.2 Å². The maximum Gasteiger partial charge on any atom is 0.410 e. The van der Waals surface area contributed by atoms with E-state index in [4.69, 9.17) is 4.74 Å². The van der Waals surface area contributed by atoms with E-state index in [1.165, 1.54) is 16.8 Å². The number of hydrogen-bond donors (Lipinski definition) is 0. The fourth-order valence-electron chi connectivity index (χ4n) is 2.13. The lowest BCUT2D eigenvalue weighted by Gasteiger charge is -2.31. The highest BCUT2D eigenvalue weighted by atomic mass is 127. The lowest BCUT2D eigenvalue weighted by atomic mass is 9.99. The lowest BCUT2D eigenvalue weighted by Crippen LogP contribution is -2.39. The average molecular weight is 500 g/mol. The van der Waals surface area contributed by atoms with E-state index >= 15 is 0 Å². The Labute approximate surface area is 147 Å². The molecule has 1 aromatic rings. The number of rotatable bonds is 1. The van der Waals surface area contributed by atoms with Gasteiger partial charge in [0.25, 0.3) is 0 Å². The molecule has 110 valence electrons. The highest BCUT2D eigenvalue weighted by molar-refractivity contribution is 14.2. The van der Waals surface area contributed by atoms with Gasteiger partial charge in [-0.25, -0.2) is 4.79 Å². The molecule has 6 heteroatoms. The van der Waals surface area contributed by atoms with Crippen LogP contribution in [0.5, 0.6) is 0 Å². The first kappa shape index (κ1) is 16.1. The van der Waals surface area contributed by atoms with Crippen LogP contribution in [0, 0.1) is 0 Å². The molecule has 0 radical (unpaired) electrons. The van der Waals surface area contributed by atoms with Crippen molar-refractivity contribution in [2.75, 3.05) is 7.87 Å². The van der Waals surface area contributed by atoms with Gasteiger partial charge in [0.15, 0.2) is 0 Å². The molecule has 0 saturated carbocycles. The van der Waals surface area contributed by atoms with Gasteiger partial charge in [0.2, 0.25) is 0 Å². The standard InChI is InChI=1S/C14H18I2N2O2/c1-14(2,3)20-13(19)17-7-6-10-8-12(18(15)16)5-4-11(10)9-17/h4-5,8H,6-7,9H2,1-3H3. The number of ether oxygens (including phenoxy) is 1. The number of benzene rings is 1. The molecule has 4 nitrogen and oxygen atoms in total. The SMILES string of the molecule is CC(C)(C)OC(=O)N1CCc2cc(N(I)I)ccc2C1. The smallest absolute Gasteiger partial charge is 0.410 e. The second kappa shape index (κ2) is 6.25. The van der Waals surface area contributed by atoms with Crippen molar-refractivity contribution in [1.29, 1.82) is 0 Å². The summed E-state index contributed by atoms with van der Waals surface area (Å²) >= 11 is 4.50. The van der Waals surface area contributed by atoms with E-state index < -0.39 is 5.60 Å². The van der Waals surface area contributed by atoms with Crippen LogP contribution in [0.4, 0.5) is 10.5 Å². The van der Waals surface area contributed by atoms with Crippen molar-refractivity contribution >= 4 is 57.5 Å². The van der Waals surface area contributed by atoms with E-state index in [1.807, 2.05) is 22.1 Å². The van der Waals surface area contributed by atoms with Crippen LogP contribution in [-0.4, -0.2) is 23.1 Å². The molecule has 0 unspecified atom stereocenters. The van der Waals surface area contributed by atoms with Crippen LogP contribution in [0.1, 0.15) is 31.9 Å². The van der Waals surface area contributed by atoms with E-state index in [2.05, 4.69) is 63.9 Å². The molecule has 0 aliphatic carbocycles. The highest BCUT2D eigenvalue weighted by Gasteiger charge is 2.25. The predicted molar refractivity (Wildman–Crippen MR) is 97.3 cm³/mol. The molecule has 0 bridgehead atoms. The minimum atomic E-state index is -0.440. The molecular formula is C14H18I2N2O2. The topological polar surface area (TPSA) is 32.8 Å². The Balaban J connectivity index is 2.10. The third-order valence-corrected chi connectivity index (χ3v) is 4.16. The fraction of sp³-hybridized carbons (Fsp3) is 0.500. The Morgan fingerprint density at radius 3 is 2.60 bits per heavy atom. The van der Waals surface area contributed by atoms with Gasteiger partial charge in [-0.15, -0.1) is 0 Å². The zero-order valence-corrected chi connectivity index (χ0v) is 16.1. The van der Waals surface area contributed by atoms with Crippen LogP contribution in [0.3, 0.4) is 0 Å². The molecular weight excluding hydrogens is 482 g/mol. The molecule has 0 N–H and O–H groups in total. The minimum absolute atomic E-state index is 0.225. The van der Waals surface area contributed by atoms with Gasteiger partial charge in [0.1, 0.15) is 5.60 Å². The molecule has 1 aromatic carbocycles. The molecule has 0 aromatic heterocycles. The van der Waals surface area contributed by atoms with Gasteiger partial charge in [0.05, 0.1) is 51.4 Å². The third-order valence-electron chi connectivity index (χ3n) is 3.05. The van der Waals surface area contributed by atoms with Gasteiger partial charge >= 0.3 is 6.09 Å². The van der Waals surface area contributed by atoms with Gasteiger partial charge in [-0.1, -0.05) is 6.07 Å². The Morgan fingerprint density at radius 2 is 2.00 bits per heavy atom. The summed E-state index contributed by atoms with van der Waals surface area (Å²) in [6, 6.07) is 6.38. The monoisotopic (exact) mass is 500 g/mol. The number of halogens is 2. The van der Waals surface area contributed by atoms with Gasteiger partial charge in [-0.3, -0.25) is 1.33 Å². The molecule has 0 fully saturated rings. The van der Waals surface area contributed by atoms with Crippen LogP contribution < -0.4 is 1.33 Å². The summed E-state index contributed by atoms with van der Waals surface area (Å²) < 4.78 is 7.47. The summed E-state index contributed by atoms with van der Waals surface area (Å²) in [5.41, 5.74) is 3.27. The Hall–Kier alpha value is -0.250. The largest absolute Gasteiger partial charge is 0.444 e. The van der Waals surface area contributed by atoms with Crippen molar-refractivity contribution < 1.29 is 9.53 Å². The summed E-state index contributed by atoms with van der Waals surface area (Å²) in [5, 5.41) is 0. The maximum absolute atomic E-state index is 12.1. The lowest BCUT2D eigenvalue weighted by molar-refractivity contribution is 0.0224. The zero-order chi connectivity index (χ0) is 14.9. The van der Waals surface area contributed by atoms with E-state index in [9.17, 15) is 4.79 Å². The van der Waals surface area contributed by atoms with Crippen LogP contribution >= 0.6 is 45.7 Å². The van der Waals surface area contributed by atoms with Crippen LogP contribution in [0.25, 0.3) is 0 Å². The molecule has 0 spiro atoms. The van der Waals surface area contributed by atoms with Gasteiger partial charge in [0, 0.05) is 13.1 Å². The number of hydrogen-bond acceptors (Lipinski definition) is 3. The van der Waals surface area contributed by atoms with Gasteiger partial charge < -0.3 is 9.64 Å². The molecule has 2 rings (SSSR count). The number of nitrogens with zero attached hydrogens (tertiary/aromatic N) is 2. The van der Waals surface area contributed by atoms with E-state index in [-0.39, 0.29) is 6.09 Å². The predicted octanol–water partition coefficient (Wildman–Crippen LogP) is 4.49. The minimum Gasteiger partial charge on any atom is -0.444 e. The number of carbonyl (C=O) groups excluding carboxylic acids is 1. The van der Waals surface area contributed by atoms with Crippen molar-refractivity contribution in [3.63, 3.8) is 0 Å².